The van der Waals surface area contributed by atoms with Crippen molar-refractivity contribution in [1.29, 1.82) is 0 Å². The molecule has 162 valence electrons. The fourth-order valence-electron chi connectivity index (χ4n) is 3.99. The summed E-state index contributed by atoms with van der Waals surface area (Å²) in [6.45, 7) is 1.63. The van der Waals surface area contributed by atoms with E-state index in [0.29, 0.717) is 15.7 Å². The zero-order valence-electron chi connectivity index (χ0n) is 17.4. The first-order chi connectivity index (χ1) is 15.6. The van der Waals surface area contributed by atoms with Gasteiger partial charge >= 0.3 is 0 Å². The monoisotopic (exact) mass is 445 g/mol. The van der Waals surface area contributed by atoms with Gasteiger partial charge in [0.05, 0.1) is 23.1 Å². The number of nitrogens with one attached hydrogen (secondary N) is 1. The Morgan fingerprint density at radius 1 is 1.22 bits per heavy atom. The van der Waals surface area contributed by atoms with Gasteiger partial charge in [-0.1, -0.05) is 29.5 Å². The minimum Gasteiger partial charge on any atom is -0.389 e. The van der Waals surface area contributed by atoms with Crippen LogP contribution in [0.4, 0.5) is 16.4 Å². The van der Waals surface area contributed by atoms with Crippen molar-refractivity contribution in [2.24, 2.45) is 5.73 Å². The number of amides is 1. The molecule has 3 aromatic heterocycles. The Bertz CT molecular complexity index is 1290. The third-order valence-electron chi connectivity index (χ3n) is 5.57. The molecule has 4 aromatic rings. The topological polar surface area (TPSA) is 123 Å². The molecule has 1 saturated heterocycles. The molecule has 0 bridgehead atoms. The van der Waals surface area contributed by atoms with Gasteiger partial charge in [-0.2, -0.15) is 0 Å². The molecule has 5 N–H and O–H groups in total. The van der Waals surface area contributed by atoms with Crippen molar-refractivity contribution in [3.05, 3.63) is 60.7 Å². The number of rotatable bonds is 4. The number of piperidine rings is 1. The molecule has 4 heterocycles. The maximum absolute atomic E-state index is 13.1. The largest absolute Gasteiger partial charge is 0.389 e. The lowest BCUT2D eigenvalue weighted by atomic mass is 10.1. The van der Waals surface area contributed by atoms with Crippen LogP contribution in [0.5, 0.6) is 0 Å². The van der Waals surface area contributed by atoms with E-state index < -0.39 is 0 Å². The van der Waals surface area contributed by atoms with Crippen molar-refractivity contribution in [3.63, 3.8) is 0 Å². The van der Waals surface area contributed by atoms with Gasteiger partial charge in [0.25, 0.3) is 5.91 Å². The summed E-state index contributed by atoms with van der Waals surface area (Å²) >= 11 is 1.28. The van der Waals surface area contributed by atoms with Gasteiger partial charge in [-0.3, -0.25) is 14.8 Å². The fraction of sp³-hybridized carbons (Fsp3) is 0.217. The van der Waals surface area contributed by atoms with E-state index in [1.807, 2.05) is 36.4 Å². The number of nitrogen functional groups attached to an aromatic ring is 1. The lowest BCUT2D eigenvalue weighted by Crippen LogP contribution is -2.43. The van der Waals surface area contributed by atoms with Gasteiger partial charge in [-0.05, 0) is 31.0 Å². The number of aromatic nitrogens is 3. The van der Waals surface area contributed by atoms with Crippen LogP contribution in [0.15, 0.2) is 55.0 Å². The van der Waals surface area contributed by atoms with Crippen molar-refractivity contribution in [2.75, 3.05) is 29.0 Å². The van der Waals surface area contributed by atoms with E-state index >= 15 is 0 Å². The zero-order chi connectivity index (χ0) is 22.1. The highest BCUT2D eigenvalue weighted by molar-refractivity contribution is 7.19. The van der Waals surface area contributed by atoms with Crippen molar-refractivity contribution < 1.29 is 4.79 Å². The third kappa shape index (κ3) is 4.00. The molecule has 0 unspecified atom stereocenters. The van der Waals surface area contributed by atoms with Crippen LogP contribution in [-0.4, -0.2) is 40.0 Å². The fourth-order valence-corrected chi connectivity index (χ4v) is 4.81. The second-order valence-electron chi connectivity index (χ2n) is 7.84. The molecule has 32 heavy (non-hydrogen) atoms. The van der Waals surface area contributed by atoms with Crippen molar-refractivity contribution in [1.82, 2.24) is 15.0 Å². The van der Waals surface area contributed by atoms with Crippen LogP contribution < -0.4 is 21.7 Å². The van der Waals surface area contributed by atoms with E-state index in [9.17, 15) is 4.79 Å². The summed E-state index contributed by atoms with van der Waals surface area (Å²) in [5.41, 5.74) is 15.8. The van der Waals surface area contributed by atoms with Crippen LogP contribution in [0.3, 0.4) is 0 Å². The quantitative estimate of drug-likeness (QED) is 0.439. The van der Waals surface area contributed by atoms with Gasteiger partial charge in [0, 0.05) is 42.5 Å². The van der Waals surface area contributed by atoms with Crippen LogP contribution in [0.25, 0.3) is 21.5 Å². The van der Waals surface area contributed by atoms with E-state index in [1.165, 1.54) is 11.3 Å². The molecule has 1 aliphatic rings. The summed E-state index contributed by atoms with van der Waals surface area (Å²) in [7, 11) is 0. The molecule has 0 aliphatic carbocycles. The number of carbonyl (C=O) groups excluding carboxylic acids is 1. The summed E-state index contributed by atoms with van der Waals surface area (Å²) in [6.07, 6.45) is 7.13. The highest BCUT2D eigenvalue weighted by Gasteiger charge is 2.22. The number of pyridine rings is 2. The lowest BCUT2D eigenvalue weighted by molar-refractivity contribution is 0.102. The number of nitrogens with two attached hydrogens (primary N) is 2. The average Bonchev–Trinajstić information content (AvgIpc) is 3.21. The normalized spacial score (nSPS) is 16.3. The van der Waals surface area contributed by atoms with Crippen LogP contribution in [0.1, 0.15) is 23.3 Å². The lowest BCUT2D eigenvalue weighted by Gasteiger charge is -2.33. The predicted octanol–water partition coefficient (Wildman–Crippen LogP) is 3.52. The molecule has 1 aliphatic heterocycles. The summed E-state index contributed by atoms with van der Waals surface area (Å²) < 4.78 is 0. The number of carbonyl (C=O) groups is 1. The first-order valence-corrected chi connectivity index (χ1v) is 11.3. The zero-order valence-corrected chi connectivity index (χ0v) is 18.2. The Morgan fingerprint density at radius 3 is 3.00 bits per heavy atom. The molecular formula is C23H23N7OS. The summed E-state index contributed by atoms with van der Waals surface area (Å²) in [6, 6.07) is 11.8. The van der Waals surface area contributed by atoms with E-state index in [4.69, 9.17) is 11.5 Å². The van der Waals surface area contributed by atoms with Gasteiger partial charge < -0.3 is 21.7 Å². The van der Waals surface area contributed by atoms with E-state index in [-0.39, 0.29) is 17.6 Å². The van der Waals surface area contributed by atoms with Crippen LogP contribution >= 0.6 is 11.3 Å². The minimum absolute atomic E-state index is 0.119. The highest BCUT2D eigenvalue weighted by Crippen LogP contribution is 2.33. The highest BCUT2D eigenvalue weighted by atomic mass is 32.1. The molecule has 0 saturated carbocycles. The van der Waals surface area contributed by atoms with Gasteiger partial charge in [0.15, 0.2) is 5.69 Å². The van der Waals surface area contributed by atoms with Crippen molar-refractivity contribution in [3.8, 4) is 10.6 Å². The number of nitrogens with zero attached hydrogens (tertiary/aromatic N) is 4. The maximum Gasteiger partial charge on any atom is 0.277 e. The van der Waals surface area contributed by atoms with Crippen LogP contribution in [0, 0.1) is 0 Å². The second kappa shape index (κ2) is 8.52. The van der Waals surface area contributed by atoms with E-state index in [1.54, 1.807) is 18.6 Å². The maximum atomic E-state index is 13.1. The van der Waals surface area contributed by atoms with Crippen LogP contribution in [0.2, 0.25) is 0 Å². The third-order valence-corrected chi connectivity index (χ3v) is 6.50. The van der Waals surface area contributed by atoms with Crippen LogP contribution in [-0.2, 0) is 0 Å². The number of hydrogen-bond acceptors (Lipinski definition) is 8. The molecular weight excluding hydrogens is 422 g/mol. The summed E-state index contributed by atoms with van der Waals surface area (Å²) in [5.74, 6) is -0.362. The van der Waals surface area contributed by atoms with Gasteiger partial charge in [-0.15, -0.1) is 0 Å². The molecule has 8 nitrogen and oxygen atoms in total. The Labute approximate surface area is 189 Å². The van der Waals surface area contributed by atoms with Gasteiger partial charge in [0.1, 0.15) is 10.0 Å². The van der Waals surface area contributed by atoms with E-state index in [0.717, 1.165) is 48.1 Å². The molecule has 1 fully saturated rings. The number of hydrogen-bond donors (Lipinski definition) is 3. The molecule has 0 spiro atoms. The predicted molar refractivity (Wildman–Crippen MR) is 129 cm³/mol. The Morgan fingerprint density at radius 2 is 2.12 bits per heavy atom. The molecule has 5 rings (SSSR count). The first-order valence-electron chi connectivity index (χ1n) is 10.5. The number of fused-ring (bicyclic) bond motifs is 1. The molecule has 9 heteroatoms. The molecule has 1 aromatic carbocycles. The second-order valence-corrected chi connectivity index (χ2v) is 8.87. The first kappa shape index (κ1) is 20.3. The molecule has 1 atom stereocenters. The Balaban J connectivity index is 1.41. The number of benzene rings is 1. The summed E-state index contributed by atoms with van der Waals surface area (Å²) in [5, 5.41) is 5.02. The average molecular weight is 446 g/mol. The van der Waals surface area contributed by atoms with E-state index in [2.05, 4.69) is 25.2 Å². The number of thiazole rings is 1. The SMILES string of the molecule is Nc1sc(-c2ccc3cccnc3c2)nc1C(=O)Nc1cnccc1N1CCC[C@H](N)C1. The van der Waals surface area contributed by atoms with Crippen molar-refractivity contribution in [2.45, 2.75) is 18.9 Å². The van der Waals surface area contributed by atoms with Gasteiger partial charge in [-0.25, -0.2) is 4.98 Å². The molecule has 0 radical (unpaired) electrons. The Hall–Kier alpha value is -3.56. The minimum atomic E-state index is -0.362. The standard InChI is InChI=1S/C23H23N7OS/c24-16-4-2-10-30(13-16)19-7-9-26-12-18(19)28-22(31)20-21(25)32-23(29-20)15-6-5-14-3-1-8-27-17(14)11-15/h1,3,5-9,11-12,16H,2,4,10,13,24-25H2,(H,28,31)/t16-/m0/s1. The summed E-state index contributed by atoms with van der Waals surface area (Å²) in [4.78, 5) is 28.4. The van der Waals surface area contributed by atoms with Gasteiger partial charge in [0.2, 0.25) is 0 Å². The van der Waals surface area contributed by atoms with Crippen molar-refractivity contribution >= 4 is 44.5 Å². The smallest absolute Gasteiger partial charge is 0.277 e. The Kier molecular flexibility index (Phi) is 5.42. The molecule has 1 amide bonds. The number of anilines is 3.